The summed E-state index contributed by atoms with van der Waals surface area (Å²) in [6, 6.07) is 11.2. The molecule has 1 unspecified atom stereocenters. The van der Waals surface area contributed by atoms with Crippen LogP contribution in [-0.4, -0.2) is 31.6 Å². The zero-order chi connectivity index (χ0) is 11.8. The molecule has 0 aliphatic carbocycles. The van der Waals surface area contributed by atoms with E-state index >= 15 is 0 Å². The van der Waals surface area contributed by atoms with Crippen LogP contribution in [0.1, 0.15) is 31.9 Å². The van der Waals surface area contributed by atoms with Gasteiger partial charge in [0.1, 0.15) is 0 Å². The number of rotatable bonds is 7. The lowest BCUT2D eigenvalue weighted by Crippen LogP contribution is -2.31. The molecule has 1 aromatic rings. The van der Waals surface area contributed by atoms with E-state index in [1.54, 1.807) is 0 Å². The maximum absolute atomic E-state index is 3.61. The van der Waals surface area contributed by atoms with Gasteiger partial charge in [-0.1, -0.05) is 44.2 Å². The summed E-state index contributed by atoms with van der Waals surface area (Å²) in [5.41, 5.74) is 1.39. The molecule has 0 saturated heterocycles. The Morgan fingerprint density at radius 1 is 1.19 bits per heavy atom. The van der Waals surface area contributed by atoms with Gasteiger partial charge in [-0.15, -0.1) is 0 Å². The van der Waals surface area contributed by atoms with Gasteiger partial charge in [-0.2, -0.15) is 0 Å². The molecule has 2 heteroatoms. The number of nitrogens with one attached hydrogen (secondary N) is 1. The maximum Gasteiger partial charge on any atom is 0.0318 e. The van der Waals surface area contributed by atoms with E-state index in [9.17, 15) is 0 Å². The van der Waals surface area contributed by atoms with E-state index in [-0.39, 0.29) is 0 Å². The summed E-state index contributed by atoms with van der Waals surface area (Å²) in [7, 11) is 2.16. The Labute approximate surface area is 99.7 Å². The van der Waals surface area contributed by atoms with Crippen LogP contribution in [0.15, 0.2) is 30.3 Å². The molecule has 0 radical (unpaired) electrons. The second-order valence-corrected chi connectivity index (χ2v) is 4.22. The van der Waals surface area contributed by atoms with Crippen molar-refractivity contribution in [2.45, 2.75) is 26.3 Å². The molecule has 1 aromatic carbocycles. The molecule has 0 amide bonds. The van der Waals surface area contributed by atoms with Crippen LogP contribution in [-0.2, 0) is 0 Å². The van der Waals surface area contributed by atoms with E-state index in [1.807, 2.05) is 0 Å². The van der Waals surface area contributed by atoms with E-state index in [2.05, 4.69) is 61.4 Å². The van der Waals surface area contributed by atoms with Crippen LogP contribution >= 0.6 is 0 Å². The van der Waals surface area contributed by atoms with Gasteiger partial charge in [-0.3, -0.25) is 0 Å². The average molecular weight is 220 g/mol. The van der Waals surface area contributed by atoms with Gasteiger partial charge >= 0.3 is 0 Å². The Hall–Kier alpha value is -0.860. The highest BCUT2D eigenvalue weighted by Crippen LogP contribution is 2.15. The Balaban J connectivity index is 2.38. The number of hydrogen-bond donors (Lipinski definition) is 1. The lowest BCUT2D eigenvalue weighted by atomic mass is 10.0. The Kier molecular flexibility index (Phi) is 6.12. The van der Waals surface area contributed by atoms with Gasteiger partial charge in [0.15, 0.2) is 0 Å². The van der Waals surface area contributed by atoms with Gasteiger partial charge in [0, 0.05) is 19.1 Å². The van der Waals surface area contributed by atoms with Crippen LogP contribution < -0.4 is 5.32 Å². The minimum absolute atomic E-state index is 0.492. The number of nitrogens with zero attached hydrogens (tertiary/aromatic N) is 1. The fourth-order valence-corrected chi connectivity index (χ4v) is 1.77. The van der Waals surface area contributed by atoms with Crippen LogP contribution in [0.25, 0.3) is 0 Å². The van der Waals surface area contributed by atoms with E-state index in [4.69, 9.17) is 0 Å². The Morgan fingerprint density at radius 3 is 2.44 bits per heavy atom. The quantitative estimate of drug-likeness (QED) is 0.760. The van der Waals surface area contributed by atoms with E-state index in [0.29, 0.717) is 6.04 Å². The number of likely N-dealkylation sites (N-methyl/N-ethyl adjacent to an activating group) is 1. The smallest absolute Gasteiger partial charge is 0.0318 e. The maximum atomic E-state index is 3.61. The molecule has 1 N–H and O–H groups in total. The Bertz CT molecular complexity index is 271. The van der Waals surface area contributed by atoms with Gasteiger partial charge in [0.05, 0.1) is 0 Å². The molecule has 0 heterocycles. The predicted molar refractivity (Wildman–Crippen MR) is 70.6 cm³/mol. The van der Waals surface area contributed by atoms with Crippen molar-refractivity contribution in [1.29, 1.82) is 0 Å². The van der Waals surface area contributed by atoms with E-state index in [0.717, 1.165) is 26.1 Å². The molecule has 2 nitrogen and oxygen atoms in total. The zero-order valence-electron chi connectivity index (χ0n) is 10.7. The fraction of sp³-hybridized carbons (Fsp3) is 0.571. The summed E-state index contributed by atoms with van der Waals surface area (Å²) in [6.07, 6.45) is 1.14. The zero-order valence-corrected chi connectivity index (χ0v) is 10.7. The molecule has 1 rings (SSSR count). The molecule has 0 aromatic heterocycles. The highest BCUT2D eigenvalue weighted by Gasteiger charge is 2.07. The summed E-state index contributed by atoms with van der Waals surface area (Å²) in [4.78, 5) is 2.32. The summed E-state index contributed by atoms with van der Waals surface area (Å²) in [6.45, 7) is 7.70. The molecule has 0 aliphatic rings. The summed E-state index contributed by atoms with van der Waals surface area (Å²) >= 11 is 0. The molecule has 0 saturated carbocycles. The summed E-state index contributed by atoms with van der Waals surface area (Å²) < 4.78 is 0. The molecule has 0 bridgehead atoms. The van der Waals surface area contributed by atoms with Crippen molar-refractivity contribution in [3.63, 3.8) is 0 Å². The molecule has 90 valence electrons. The van der Waals surface area contributed by atoms with Crippen molar-refractivity contribution in [3.05, 3.63) is 35.9 Å². The van der Waals surface area contributed by atoms with E-state index < -0.39 is 0 Å². The number of hydrogen-bond acceptors (Lipinski definition) is 2. The van der Waals surface area contributed by atoms with Crippen molar-refractivity contribution in [2.24, 2.45) is 0 Å². The Morgan fingerprint density at radius 2 is 1.88 bits per heavy atom. The minimum atomic E-state index is 0.492. The lowest BCUT2D eigenvalue weighted by molar-refractivity contribution is 0.338. The summed E-state index contributed by atoms with van der Waals surface area (Å²) in [5, 5.41) is 3.61. The second kappa shape index (κ2) is 7.42. The first-order chi connectivity index (χ1) is 7.77. The second-order valence-electron chi connectivity index (χ2n) is 4.22. The van der Waals surface area contributed by atoms with Gasteiger partial charge in [0.2, 0.25) is 0 Å². The van der Waals surface area contributed by atoms with Crippen molar-refractivity contribution >= 4 is 0 Å². The molecular weight excluding hydrogens is 196 g/mol. The first-order valence-electron chi connectivity index (χ1n) is 6.24. The number of benzene rings is 1. The lowest BCUT2D eigenvalue weighted by Gasteiger charge is -2.20. The van der Waals surface area contributed by atoms with Crippen molar-refractivity contribution in [1.82, 2.24) is 10.2 Å². The standard InChI is InChI=1S/C14H24N2/c1-4-14(13-9-7-6-8-10-13)15-11-12-16(3)5-2/h6-10,14-15H,4-5,11-12H2,1-3H3. The highest BCUT2D eigenvalue weighted by molar-refractivity contribution is 5.18. The van der Waals surface area contributed by atoms with Gasteiger partial charge < -0.3 is 10.2 Å². The van der Waals surface area contributed by atoms with Crippen LogP contribution in [0.2, 0.25) is 0 Å². The van der Waals surface area contributed by atoms with Crippen LogP contribution in [0.3, 0.4) is 0 Å². The molecule has 0 spiro atoms. The molecule has 16 heavy (non-hydrogen) atoms. The molecule has 0 fully saturated rings. The minimum Gasteiger partial charge on any atom is -0.309 e. The SMILES string of the molecule is CCC(NCCN(C)CC)c1ccccc1. The first kappa shape index (κ1) is 13.2. The monoisotopic (exact) mass is 220 g/mol. The van der Waals surface area contributed by atoms with Crippen molar-refractivity contribution in [3.8, 4) is 0 Å². The molecule has 1 atom stereocenters. The third-order valence-electron chi connectivity index (χ3n) is 3.03. The predicted octanol–water partition coefficient (Wildman–Crippen LogP) is 2.68. The van der Waals surface area contributed by atoms with Gasteiger partial charge in [0.25, 0.3) is 0 Å². The van der Waals surface area contributed by atoms with Gasteiger partial charge in [-0.05, 0) is 25.6 Å². The van der Waals surface area contributed by atoms with E-state index in [1.165, 1.54) is 5.56 Å². The normalized spacial score (nSPS) is 13.0. The average Bonchev–Trinajstić information content (AvgIpc) is 2.35. The van der Waals surface area contributed by atoms with Gasteiger partial charge in [-0.25, -0.2) is 0 Å². The topological polar surface area (TPSA) is 15.3 Å². The van der Waals surface area contributed by atoms with Crippen LogP contribution in [0.5, 0.6) is 0 Å². The fourth-order valence-electron chi connectivity index (χ4n) is 1.77. The first-order valence-corrected chi connectivity index (χ1v) is 6.24. The molecule has 0 aliphatic heterocycles. The largest absolute Gasteiger partial charge is 0.309 e. The van der Waals surface area contributed by atoms with Crippen molar-refractivity contribution in [2.75, 3.05) is 26.7 Å². The third-order valence-corrected chi connectivity index (χ3v) is 3.03. The van der Waals surface area contributed by atoms with Crippen molar-refractivity contribution < 1.29 is 0 Å². The third kappa shape index (κ3) is 4.33. The van der Waals surface area contributed by atoms with Crippen LogP contribution in [0.4, 0.5) is 0 Å². The highest BCUT2D eigenvalue weighted by atomic mass is 15.1. The van der Waals surface area contributed by atoms with Crippen LogP contribution in [0, 0.1) is 0 Å². The summed E-state index contributed by atoms with van der Waals surface area (Å²) in [5.74, 6) is 0. The molecular formula is C14H24N2.